The highest BCUT2D eigenvalue weighted by Gasteiger charge is 2.35. The number of hydrogen-bond donors (Lipinski definition) is 0. The molecule has 0 aliphatic rings. The molecule has 0 heterocycles. The minimum atomic E-state index is -1.00. The molecule has 0 aliphatic carbocycles. The summed E-state index contributed by atoms with van der Waals surface area (Å²) in [6.45, 7) is 7.71. The molecule has 0 N–H and O–H groups in total. The molecule has 0 fully saturated rings. The summed E-state index contributed by atoms with van der Waals surface area (Å²) in [5, 5.41) is 0. The third-order valence-corrected chi connectivity index (χ3v) is 1.98. The highest BCUT2D eigenvalue weighted by molar-refractivity contribution is 5.95. The van der Waals surface area contributed by atoms with Crippen LogP contribution in [0.4, 0.5) is 0 Å². The first-order chi connectivity index (χ1) is 7.58. The monoisotopic (exact) mass is 232 g/mol. The van der Waals surface area contributed by atoms with E-state index in [1.165, 1.54) is 0 Å². The van der Waals surface area contributed by atoms with E-state index >= 15 is 0 Å². The molecule has 0 amide bonds. The topological polar surface area (TPSA) is 61.8 Å². The summed E-state index contributed by atoms with van der Waals surface area (Å²) in [5.74, 6) is -2.19. The molecule has 5 nitrogen and oxygen atoms in total. The van der Waals surface area contributed by atoms with Crippen LogP contribution in [-0.2, 0) is 23.8 Å². The van der Waals surface area contributed by atoms with E-state index < -0.39 is 24.0 Å². The molecule has 0 rings (SSSR count). The average Bonchev–Trinajstić information content (AvgIpc) is 2.19. The predicted octanol–water partition coefficient (Wildman–Crippen LogP) is 1.15. The molecule has 5 heteroatoms. The molecule has 1 atom stereocenters. The van der Waals surface area contributed by atoms with Gasteiger partial charge in [0.2, 0.25) is 0 Å². The maximum absolute atomic E-state index is 11.6. The lowest BCUT2D eigenvalue weighted by Crippen LogP contribution is -2.37. The predicted molar refractivity (Wildman–Crippen MR) is 57.8 cm³/mol. The van der Waals surface area contributed by atoms with Crippen LogP contribution in [0, 0.1) is 5.92 Å². The van der Waals surface area contributed by atoms with Crippen molar-refractivity contribution in [2.24, 2.45) is 5.92 Å². The summed E-state index contributed by atoms with van der Waals surface area (Å²) < 4.78 is 14.9. The lowest BCUT2D eigenvalue weighted by atomic mass is 10.0. The van der Waals surface area contributed by atoms with Gasteiger partial charge in [-0.1, -0.05) is 0 Å². The molecule has 0 aliphatic heterocycles. The van der Waals surface area contributed by atoms with Gasteiger partial charge in [-0.05, 0) is 27.7 Å². The van der Waals surface area contributed by atoms with Crippen molar-refractivity contribution in [1.82, 2.24) is 0 Å². The van der Waals surface area contributed by atoms with Gasteiger partial charge in [0.25, 0.3) is 0 Å². The highest BCUT2D eigenvalue weighted by Crippen LogP contribution is 2.12. The maximum atomic E-state index is 11.6. The summed E-state index contributed by atoms with van der Waals surface area (Å²) in [5.41, 5.74) is 0. The van der Waals surface area contributed by atoms with Crippen LogP contribution in [0.5, 0.6) is 0 Å². The summed E-state index contributed by atoms with van der Waals surface area (Å²) in [6, 6.07) is 0. The zero-order valence-corrected chi connectivity index (χ0v) is 10.3. The maximum Gasteiger partial charge on any atom is 0.323 e. The Hall–Kier alpha value is -1.10. The van der Waals surface area contributed by atoms with Gasteiger partial charge < -0.3 is 14.2 Å². The van der Waals surface area contributed by atoms with E-state index in [-0.39, 0.29) is 13.2 Å². The molecule has 0 bridgehead atoms. The standard InChI is InChI=1S/C11H20O5/c1-5-14-8(4)9(10(12)15-6-2)11(13)16-7-3/h8-9H,5-7H2,1-4H3. The van der Waals surface area contributed by atoms with Crippen LogP contribution in [0.25, 0.3) is 0 Å². The minimum Gasteiger partial charge on any atom is -0.465 e. The second-order valence-corrected chi connectivity index (χ2v) is 3.14. The molecular formula is C11H20O5. The third-order valence-electron chi connectivity index (χ3n) is 1.98. The van der Waals surface area contributed by atoms with E-state index in [4.69, 9.17) is 14.2 Å². The average molecular weight is 232 g/mol. The van der Waals surface area contributed by atoms with E-state index in [0.29, 0.717) is 6.61 Å². The third kappa shape index (κ3) is 4.61. The second-order valence-electron chi connectivity index (χ2n) is 3.14. The fourth-order valence-electron chi connectivity index (χ4n) is 1.30. The molecule has 0 saturated heterocycles. The number of carbonyl (C=O) groups is 2. The smallest absolute Gasteiger partial charge is 0.323 e. The van der Waals surface area contributed by atoms with Crippen molar-refractivity contribution in [3.8, 4) is 0 Å². The Labute approximate surface area is 96.1 Å². The Bertz CT molecular complexity index is 208. The van der Waals surface area contributed by atoms with Gasteiger partial charge in [-0.2, -0.15) is 0 Å². The molecule has 0 aromatic heterocycles. The molecule has 0 aromatic carbocycles. The van der Waals surface area contributed by atoms with Crippen molar-refractivity contribution in [3.63, 3.8) is 0 Å². The lowest BCUT2D eigenvalue weighted by Gasteiger charge is -2.20. The van der Waals surface area contributed by atoms with Gasteiger partial charge in [-0.25, -0.2) is 0 Å². The van der Waals surface area contributed by atoms with E-state index in [0.717, 1.165) is 0 Å². The second kappa shape index (κ2) is 8.10. The molecule has 0 aromatic rings. The fourth-order valence-corrected chi connectivity index (χ4v) is 1.30. The fraction of sp³-hybridized carbons (Fsp3) is 0.818. The quantitative estimate of drug-likeness (QED) is 0.487. The van der Waals surface area contributed by atoms with Gasteiger partial charge in [-0.15, -0.1) is 0 Å². The van der Waals surface area contributed by atoms with Crippen molar-refractivity contribution in [3.05, 3.63) is 0 Å². The van der Waals surface area contributed by atoms with Gasteiger partial charge in [0.05, 0.1) is 19.3 Å². The van der Waals surface area contributed by atoms with Crippen molar-refractivity contribution in [1.29, 1.82) is 0 Å². The van der Waals surface area contributed by atoms with Crippen molar-refractivity contribution >= 4 is 11.9 Å². The minimum absolute atomic E-state index is 0.230. The normalized spacial score (nSPS) is 12.3. The number of carbonyl (C=O) groups excluding carboxylic acids is 2. The van der Waals surface area contributed by atoms with Crippen molar-refractivity contribution < 1.29 is 23.8 Å². The van der Waals surface area contributed by atoms with Gasteiger partial charge in [0.1, 0.15) is 0 Å². The van der Waals surface area contributed by atoms with E-state index in [1.807, 2.05) is 0 Å². The van der Waals surface area contributed by atoms with Crippen LogP contribution in [-0.4, -0.2) is 37.9 Å². The van der Waals surface area contributed by atoms with Crippen LogP contribution in [0.15, 0.2) is 0 Å². The molecule has 94 valence electrons. The van der Waals surface area contributed by atoms with Gasteiger partial charge in [-0.3, -0.25) is 9.59 Å². The highest BCUT2D eigenvalue weighted by atomic mass is 16.6. The Morgan fingerprint density at radius 3 is 1.69 bits per heavy atom. The van der Waals surface area contributed by atoms with E-state index in [1.54, 1.807) is 27.7 Å². The summed E-state index contributed by atoms with van der Waals surface area (Å²) in [6.07, 6.45) is -0.539. The number of hydrogen-bond acceptors (Lipinski definition) is 5. The SMILES string of the molecule is CCOC(=O)C(C(=O)OCC)C(C)OCC. The summed E-state index contributed by atoms with van der Waals surface area (Å²) in [7, 11) is 0. The zero-order valence-electron chi connectivity index (χ0n) is 10.3. The van der Waals surface area contributed by atoms with Crippen LogP contribution in [0.3, 0.4) is 0 Å². The summed E-state index contributed by atoms with van der Waals surface area (Å²) >= 11 is 0. The van der Waals surface area contributed by atoms with Crippen LogP contribution in [0.1, 0.15) is 27.7 Å². The summed E-state index contributed by atoms with van der Waals surface area (Å²) in [4.78, 5) is 23.1. The molecule has 0 spiro atoms. The zero-order chi connectivity index (χ0) is 12.6. The van der Waals surface area contributed by atoms with Gasteiger partial charge in [0, 0.05) is 6.61 Å². The molecule has 0 radical (unpaired) electrons. The molecular weight excluding hydrogens is 212 g/mol. The first-order valence-corrected chi connectivity index (χ1v) is 5.53. The molecule has 0 saturated carbocycles. The van der Waals surface area contributed by atoms with Crippen LogP contribution < -0.4 is 0 Å². The van der Waals surface area contributed by atoms with E-state index in [9.17, 15) is 9.59 Å². The van der Waals surface area contributed by atoms with E-state index in [2.05, 4.69) is 0 Å². The van der Waals surface area contributed by atoms with Crippen molar-refractivity contribution in [2.45, 2.75) is 33.8 Å². The molecule has 16 heavy (non-hydrogen) atoms. The van der Waals surface area contributed by atoms with Crippen molar-refractivity contribution in [2.75, 3.05) is 19.8 Å². The Balaban J connectivity index is 4.60. The Kier molecular flexibility index (Phi) is 7.54. The van der Waals surface area contributed by atoms with Crippen LogP contribution in [0.2, 0.25) is 0 Å². The lowest BCUT2D eigenvalue weighted by molar-refractivity contribution is -0.168. The number of rotatable bonds is 7. The molecule has 1 unspecified atom stereocenters. The van der Waals surface area contributed by atoms with Gasteiger partial charge in [0.15, 0.2) is 5.92 Å². The van der Waals surface area contributed by atoms with Crippen LogP contribution >= 0.6 is 0 Å². The number of ether oxygens (including phenoxy) is 3. The largest absolute Gasteiger partial charge is 0.465 e. The number of esters is 2. The first kappa shape index (κ1) is 14.9. The first-order valence-electron chi connectivity index (χ1n) is 5.53. The van der Waals surface area contributed by atoms with Gasteiger partial charge >= 0.3 is 11.9 Å². The Morgan fingerprint density at radius 1 is 0.938 bits per heavy atom. The Morgan fingerprint density at radius 2 is 1.38 bits per heavy atom.